The van der Waals surface area contributed by atoms with Gasteiger partial charge in [-0.2, -0.15) is 0 Å². The third-order valence-electron chi connectivity index (χ3n) is 4.78. The van der Waals surface area contributed by atoms with Gasteiger partial charge in [-0.05, 0) is 56.0 Å². The van der Waals surface area contributed by atoms with Gasteiger partial charge in [-0.15, -0.1) is 0 Å². The lowest BCUT2D eigenvalue weighted by Crippen LogP contribution is -2.43. The maximum absolute atomic E-state index is 13.9. The average molecular weight is 340 g/mol. The number of likely N-dealkylation sites (tertiary alicyclic amines) is 1. The Hall–Kier alpha value is -2.69. The van der Waals surface area contributed by atoms with Crippen LogP contribution in [-0.2, 0) is 4.79 Å². The normalized spacial score (nSPS) is 16.8. The molecule has 2 amide bonds. The van der Waals surface area contributed by atoms with Gasteiger partial charge in [0, 0.05) is 12.2 Å². The van der Waals surface area contributed by atoms with Crippen LogP contribution in [0.1, 0.15) is 34.3 Å². The number of nitrogens with zero attached hydrogens (tertiary/aromatic N) is 1. The van der Waals surface area contributed by atoms with Gasteiger partial charge in [0.2, 0.25) is 5.91 Å². The number of halogens is 1. The van der Waals surface area contributed by atoms with Crippen LogP contribution in [0.5, 0.6) is 0 Å². The molecule has 0 aromatic heterocycles. The summed E-state index contributed by atoms with van der Waals surface area (Å²) in [6.45, 7) is 4.38. The molecule has 1 aliphatic rings. The number of benzene rings is 2. The largest absolute Gasteiger partial charge is 0.327 e. The summed E-state index contributed by atoms with van der Waals surface area (Å²) < 4.78 is 13.9. The molecule has 0 radical (unpaired) electrons. The Labute approximate surface area is 146 Å². The van der Waals surface area contributed by atoms with Crippen molar-refractivity contribution in [2.75, 3.05) is 11.9 Å². The predicted octanol–water partition coefficient (Wildman–Crippen LogP) is 3.69. The maximum Gasteiger partial charge on any atom is 0.257 e. The second kappa shape index (κ2) is 7.05. The molecule has 5 heteroatoms. The van der Waals surface area contributed by atoms with Crippen LogP contribution in [0.3, 0.4) is 0 Å². The fraction of sp³-hybridized carbons (Fsp3) is 0.300. The van der Waals surface area contributed by atoms with Crippen molar-refractivity contribution in [1.82, 2.24) is 4.90 Å². The van der Waals surface area contributed by atoms with E-state index < -0.39 is 17.8 Å². The molecule has 0 saturated carbocycles. The molecule has 1 unspecified atom stereocenters. The number of carbonyl (C=O) groups is 2. The first-order valence-electron chi connectivity index (χ1n) is 8.41. The molecule has 1 atom stereocenters. The number of rotatable bonds is 3. The van der Waals surface area contributed by atoms with Crippen LogP contribution < -0.4 is 5.32 Å². The van der Waals surface area contributed by atoms with Crippen molar-refractivity contribution in [2.24, 2.45) is 0 Å². The molecule has 2 aromatic rings. The highest BCUT2D eigenvalue weighted by molar-refractivity contribution is 6.02. The molecule has 1 saturated heterocycles. The number of nitrogens with one attached hydrogen (secondary N) is 1. The van der Waals surface area contributed by atoms with E-state index in [1.807, 2.05) is 32.0 Å². The molecule has 4 nitrogen and oxygen atoms in total. The lowest BCUT2D eigenvalue weighted by molar-refractivity contribution is -0.119. The lowest BCUT2D eigenvalue weighted by atomic mass is 10.1. The van der Waals surface area contributed by atoms with Gasteiger partial charge in [0.1, 0.15) is 11.9 Å². The highest BCUT2D eigenvalue weighted by atomic mass is 19.1. The first-order valence-corrected chi connectivity index (χ1v) is 8.41. The molecule has 0 aliphatic carbocycles. The van der Waals surface area contributed by atoms with Crippen LogP contribution in [-0.4, -0.2) is 29.3 Å². The zero-order chi connectivity index (χ0) is 18.0. The standard InChI is InChI=1S/C20H21FN2O2/c1-13-7-5-10-17(14(13)2)22-19(24)18-11-6-12-23(18)20(25)15-8-3-4-9-16(15)21/h3-5,7-10,18H,6,11-12H2,1-2H3,(H,22,24). The Kier molecular flexibility index (Phi) is 4.83. The van der Waals surface area contributed by atoms with E-state index in [-0.39, 0.29) is 11.5 Å². The van der Waals surface area contributed by atoms with E-state index >= 15 is 0 Å². The van der Waals surface area contributed by atoms with Gasteiger partial charge in [0.15, 0.2) is 0 Å². The lowest BCUT2D eigenvalue weighted by Gasteiger charge is -2.24. The fourth-order valence-electron chi connectivity index (χ4n) is 3.17. The number of amides is 2. The zero-order valence-electron chi connectivity index (χ0n) is 14.4. The number of anilines is 1. The van der Waals surface area contributed by atoms with Crippen molar-refractivity contribution in [3.05, 3.63) is 65.0 Å². The van der Waals surface area contributed by atoms with Crippen LogP contribution in [0, 0.1) is 19.7 Å². The summed E-state index contributed by atoms with van der Waals surface area (Å²) in [5, 5.41) is 2.92. The SMILES string of the molecule is Cc1cccc(NC(=O)C2CCCN2C(=O)c2ccccc2F)c1C. The van der Waals surface area contributed by atoms with Crippen molar-refractivity contribution in [1.29, 1.82) is 0 Å². The van der Waals surface area contributed by atoms with Crippen LogP contribution in [0.15, 0.2) is 42.5 Å². The van der Waals surface area contributed by atoms with Gasteiger partial charge in [-0.25, -0.2) is 4.39 Å². The van der Waals surface area contributed by atoms with Gasteiger partial charge in [0.25, 0.3) is 5.91 Å². The van der Waals surface area contributed by atoms with E-state index in [0.29, 0.717) is 13.0 Å². The van der Waals surface area contributed by atoms with Crippen LogP contribution in [0.25, 0.3) is 0 Å². The van der Waals surface area contributed by atoms with E-state index in [9.17, 15) is 14.0 Å². The monoisotopic (exact) mass is 340 g/mol. The Morgan fingerprint density at radius 1 is 1.12 bits per heavy atom. The summed E-state index contributed by atoms with van der Waals surface area (Å²) in [7, 11) is 0. The molecule has 1 N–H and O–H groups in total. The van der Waals surface area contributed by atoms with Gasteiger partial charge in [-0.3, -0.25) is 9.59 Å². The van der Waals surface area contributed by atoms with Crippen molar-refractivity contribution in [2.45, 2.75) is 32.7 Å². The molecule has 3 rings (SSSR count). The summed E-state index contributed by atoms with van der Waals surface area (Å²) in [5.74, 6) is -1.22. The summed E-state index contributed by atoms with van der Waals surface area (Å²) in [5.41, 5.74) is 2.84. The smallest absolute Gasteiger partial charge is 0.257 e. The third kappa shape index (κ3) is 3.40. The molecule has 0 bridgehead atoms. The second-order valence-corrected chi connectivity index (χ2v) is 6.37. The van der Waals surface area contributed by atoms with Crippen molar-refractivity contribution >= 4 is 17.5 Å². The van der Waals surface area contributed by atoms with Crippen molar-refractivity contribution < 1.29 is 14.0 Å². The average Bonchev–Trinajstić information content (AvgIpc) is 3.08. The minimum absolute atomic E-state index is 0.00827. The summed E-state index contributed by atoms with van der Waals surface area (Å²) in [4.78, 5) is 26.8. The number of hydrogen-bond donors (Lipinski definition) is 1. The Morgan fingerprint density at radius 2 is 1.88 bits per heavy atom. The van der Waals surface area contributed by atoms with Gasteiger partial charge >= 0.3 is 0 Å². The molecule has 1 heterocycles. The second-order valence-electron chi connectivity index (χ2n) is 6.37. The van der Waals surface area contributed by atoms with Gasteiger partial charge in [-0.1, -0.05) is 24.3 Å². The van der Waals surface area contributed by atoms with E-state index in [4.69, 9.17) is 0 Å². The van der Waals surface area contributed by atoms with E-state index in [1.165, 1.54) is 17.0 Å². The number of aryl methyl sites for hydroxylation is 1. The minimum atomic E-state index is -0.577. The molecule has 25 heavy (non-hydrogen) atoms. The van der Waals surface area contributed by atoms with E-state index in [1.54, 1.807) is 12.1 Å². The van der Waals surface area contributed by atoms with Gasteiger partial charge < -0.3 is 10.2 Å². The number of carbonyl (C=O) groups excluding carboxylic acids is 2. The zero-order valence-corrected chi connectivity index (χ0v) is 14.4. The predicted molar refractivity (Wildman–Crippen MR) is 95.0 cm³/mol. The molecule has 1 aliphatic heterocycles. The van der Waals surface area contributed by atoms with Crippen LogP contribution in [0.4, 0.5) is 10.1 Å². The molecule has 2 aromatic carbocycles. The van der Waals surface area contributed by atoms with Crippen LogP contribution in [0.2, 0.25) is 0 Å². The van der Waals surface area contributed by atoms with Gasteiger partial charge in [0.05, 0.1) is 5.56 Å². The molecular formula is C20H21FN2O2. The van der Waals surface area contributed by atoms with Crippen molar-refractivity contribution in [3.63, 3.8) is 0 Å². The summed E-state index contributed by atoms with van der Waals surface area (Å²) in [6.07, 6.45) is 1.31. The maximum atomic E-state index is 13.9. The fourth-order valence-corrected chi connectivity index (χ4v) is 3.17. The molecule has 130 valence electrons. The highest BCUT2D eigenvalue weighted by Crippen LogP contribution is 2.24. The van der Waals surface area contributed by atoms with E-state index in [2.05, 4.69) is 5.32 Å². The number of hydrogen-bond acceptors (Lipinski definition) is 2. The first-order chi connectivity index (χ1) is 12.0. The van der Waals surface area contributed by atoms with Crippen LogP contribution >= 0.6 is 0 Å². The van der Waals surface area contributed by atoms with E-state index in [0.717, 1.165) is 23.2 Å². The summed E-state index contributed by atoms with van der Waals surface area (Å²) >= 11 is 0. The highest BCUT2D eigenvalue weighted by Gasteiger charge is 2.35. The molecule has 0 spiro atoms. The van der Waals surface area contributed by atoms with Crippen molar-refractivity contribution in [3.8, 4) is 0 Å². The third-order valence-corrected chi connectivity index (χ3v) is 4.78. The Bertz CT molecular complexity index is 819. The molecule has 1 fully saturated rings. The topological polar surface area (TPSA) is 49.4 Å². The Balaban J connectivity index is 1.79. The molecular weight excluding hydrogens is 319 g/mol. The quantitative estimate of drug-likeness (QED) is 0.926. The summed E-state index contributed by atoms with van der Waals surface area (Å²) in [6, 6.07) is 11.0. The Morgan fingerprint density at radius 3 is 2.64 bits per heavy atom. The first kappa shape index (κ1) is 17.1. The minimum Gasteiger partial charge on any atom is -0.327 e.